The molecule has 20 heavy (non-hydrogen) atoms. The van der Waals surface area contributed by atoms with Gasteiger partial charge < -0.3 is 14.6 Å². The largest absolute Gasteiger partial charge is 0.464 e. The van der Waals surface area contributed by atoms with Crippen molar-refractivity contribution in [2.75, 3.05) is 13.2 Å². The Kier molecular flexibility index (Phi) is 3.71. The Labute approximate surface area is 119 Å². The lowest BCUT2D eigenvalue weighted by molar-refractivity contribution is -0.149. The summed E-state index contributed by atoms with van der Waals surface area (Å²) in [7, 11) is 0. The maximum absolute atomic E-state index is 12.3. The highest BCUT2D eigenvalue weighted by atomic mass is 16.6. The predicted octanol–water partition coefficient (Wildman–Crippen LogP) is 1.31. The van der Waals surface area contributed by atoms with Crippen LogP contribution in [0.4, 0.5) is 4.79 Å². The second-order valence-electron chi connectivity index (χ2n) is 6.60. The number of hydrogen-bond acceptors (Lipinski definition) is 5. The van der Waals surface area contributed by atoms with Crippen LogP contribution in [0.5, 0.6) is 0 Å². The molecule has 0 spiro atoms. The molecular weight excluding hydrogens is 262 g/mol. The Morgan fingerprint density at radius 3 is 2.50 bits per heavy atom. The lowest BCUT2D eigenvalue weighted by Crippen LogP contribution is -2.46. The monoisotopic (exact) mass is 285 g/mol. The first-order chi connectivity index (χ1) is 9.24. The summed E-state index contributed by atoms with van der Waals surface area (Å²) in [5.41, 5.74) is -0.954. The number of esters is 1. The third-order valence-electron chi connectivity index (χ3n) is 3.90. The van der Waals surface area contributed by atoms with Crippen LogP contribution in [0.25, 0.3) is 0 Å². The minimum Gasteiger partial charge on any atom is -0.464 e. The van der Waals surface area contributed by atoms with Gasteiger partial charge >= 0.3 is 12.1 Å². The van der Waals surface area contributed by atoms with Gasteiger partial charge in [-0.25, -0.2) is 9.59 Å². The molecule has 2 unspecified atom stereocenters. The molecule has 1 saturated heterocycles. The van der Waals surface area contributed by atoms with Crippen LogP contribution in [0, 0.1) is 5.41 Å². The Morgan fingerprint density at radius 2 is 2.00 bits per heavy atom. The van der Waals surface area contributed by atoms with Crippen LogP contribution in [-0.4, -0.2) is 53.0 Å². The third kappa shape index (κ3) is 2.61. The molecule has 6 heteroatoms. The van der Waals surface area contributed by atoms with Crippen LogP contribution in [0.15, 0.2) is 0 Å². The molecule has 0 aromatic carbocycles. The molecule has 2 rings (SSSR count). The van der Waals surface area contributed by atoms with Crippen molar-refractivity contribution in [3.05, 3.63) is 0 Å². The molecule has 3 atom stereocenters. The summed E-state index contributed by atoms with van der Waals surface area (Å²) >= 11 is 0. The predicted molar refractivity (Wildman–Crippen MR) is 71.0 cm³/mol. The average molecular weight is 285 g/mol. The summed E-state index contributed by atoms with van der Waals surface area (Å²) in [5.74, 6) is -0.418. The van der Waals surface area contributed by atoms with E-state index < -0.39 is 23.7 Å². The van der Waals surface area contributed by atoms with Crippen molar-refractivity contribution in [2.24, 2.45) is 5.41 Å². The van der Waals surface area contributed by atoms with Gasteiger partial charge in [-0.15, -0.1) is 0 Å². The minimum atomic E-state index is -0.643. The van der Waals surface area contributed by atoms with E-state index in [-0.39, 0.29) is 24.7 Å². The Balaban J connectivity index is 2.15. The van der Waals surface area contributed by atoms with Crippen LogP contribution < -0.4 is 0 Å². The van der Waals surface area contributed by atoms with Gasteiger partial charge in [-0.3, -0.25) is 4.90 Å². The lowest BCUT2D eigenvalue weighted by Gasteiger charge is -2.29. The van der Waals surface area contributed by atoms with E-state index >= 15 is 0 Å². The van der Waals surface area contributed by atoms with Gasteiger partial charge in [-0.1, -0.05) is 0 Å². The Hall–Kier alpha value is -1.30. The number of hydrogen-bond donors (Lipinski definition) is 1. The van der Waals surface area contributed by atoms with E-state index in [9.17, 15) is 14.7 Å². The Bertz CT molecular complexity index is 416. The standard InChI is InChI=1S/C14H23NO5/c1-5-19-11(17)9-6-14(8-16)7-10(14)15(9)12(18)20-13(2,3)4/h9-10,16H,5-8H2,1-4H3/t9?,10?,14-/m0/s1. The van der Waals surface area contributed by atoms with E-state index in [1.807, 2.05) is 0 Å². The highest BCUT2D eigenvalue weighted by Crippen LogP contribution is 2.59. The van der Waals surface area contributed by atoms with Crippen LogP contribution in [0.3, 0.4) is 0 Å². The molecule has 2 fully saturated rings. The number of carbonyl (C=O) groups excluding carboxylic acids is 2. The first-order valence-electron chi connectivity index (χ1n) is 7.03. The number of piperidine rings is 1. The van der Waals surface area contributed by atoms with E-state index in [0.29, 0.717) is 6.42 Å². The fourth-order valence-corrected chi connectivity index (χ4v) is 2.88. The molecule has 0 aromatic heterocycles. The van der Waals surface area contributed by atoms with Gasteiger partial charge in [0.2, 0.25) is 0 Å². The van der Waals surface area contributed by atoms with E-state index in [4.69, 9.17) is 9.47 Å². The number of aliphatic hydroxyl groups is 1. The number of ether oxygens (including phenoxy) is 2. The molecule has 114 valence electrons. The highest BCUT2D eigenvalue weighted by molar-refractivity contribution is 5.83. The van der Waals surface area contributed by atoms with Gasteiger partial charge in [-0.2, -0.15) is 0 Å². The zero-order valence-electron chi connectivity index (χ0n) is 12.5. The fourth-order valence-electron chi connectivity index (χ4n) is 2.88. The lowest BCUT2D eigenvalue weighted by atomic mass is 10.0. The number of fused-ring (bicyclic) bond motifs is 1. The molecule has 6 nitrogen and oxygen atoms in total. The van der Waals surface area contributed by atoms with Gasteiger partial charge in [0.05, 0.1) is 13.2 Å². The van der Waals surface area contributed by atoms with Crippen molar-refractivity contribution in [1.82, 2.24) is 4.90 Å². The van der Waals surface area contributed by atoms with Gasteiger partial charge in [0, 0.05) is 11.5 Å². The Morgan fingerprint density at radius 1 is 1.35 bits per heavy atom. The van der Waals surface area contributed by atoms with Gasteiger partial charge in [-0.05, 0) is 40.5 Å². The summed E-state index contributed by atoms with van der Waals surface area (Å²) in [6, 6.07) is -0.757. The van der Waals surface area contributed by atoms with Crippen molar-refractivity contribution in [3.8, 4) is 0 Å². The second kappa shape index (κ2) is 4.91. The van der Waals surface area contributed by atoms with Crippen LogP contribution in [0.1, 0.15) is 40.5 Å². The van der Waals surface area contributed by atoms with Crippen LogP contribution in [-0.2, 0) is 14.3 Å². The van der Waals surface area contributed by atoms with Crippen LogP contribution >= 0.6 is 0 Å². The number of nitrogens with zero attached hydrogens (tertiary/aromatic N) is 1. The van der Waals surface area contributed by atoms with Gasteiger partial charge in [0.15, 0.2) is 0 Å². The van der Waals surface area contributed by atoms with Crippen molar-refractivity contribution in [1.29, 1.82) is 0 Å². The first-order valence-corrected chi connectivity index (χ1v) is 7.03. The average Bonchev–Trinajstić information content (AvgIpc) is 2.93. The molecule has 1 aliphatic carbocycles. The minimum absolute atomic E-state index is 0.0210. The van der Waals surface area contributed by atoms with E-state index in [1.165, 1.54) is 4.90 Å². The maximum Gasteiger partial charge on any atom is 0.411 e. The van der Waals surface area contributed by atoms with Gasteiger partial charge in [0.25, 0.3) is 0 Å². The number of carbonyl (C=O) groups is 2. The summed E-state index contributed by atoms with van der Waals surface area (Å²) in [6.07, 6.45) is 0.665. The quantitative estimate of drug-likeness (QED) is 0.791. The molecule has 1 saturated carbocycles. The van der Waals surface area contributed by atoms with E-state index in [1.54, 1.807) is 27.7 Å². The highest BCUT2D eigenvalue weighted by Gasteiger charge is 2.68. The summed E-state index contributed by atoms with van der Waals surface area (Å²) in [5, 5.41) is 9.50. The van der Waals surface area contributed by atoms with E-state index in [2.05, 4.69) is 0 Å². The van der Waals surface area contributed by atoms with Crippen molar-refractivity contribution >= 4 is 12.1 Å². The normalized spacial score (nSPS) is 31.8. The smallest absolute Gasteiger partial charge is 0.411 e. The molecule has 1 aliphatic heterocycles. The molecule has 1 N–H and O–H groups in total. The topological polar surface area (TPSA) is 76.1 Å². The van der Waals surface area contributed by atoms with Gasteiger partial charge in [0.1, 0.15) is 11.6 Å². The summed E-state index contributed by atoms with van der Waals surface area (Å²) in [6.45, 7) is 7.33. The number of likely N-dealkylation sites (tertiary alicyclic amines) is 1. The molecule has 0 aromatic rings. The maximum atomic E-state index is 12.3. The number of aliphatic hydroxyl groups excluding tert-OH is 1. The van der Waals surface area contributed by atoms with Crippen LogP contribution in [0.2, 0.25) is 0 Å². The fraction of sp³-hybridized carbons (Fsp3) is 0.857. The first kappa shape index (κ1) is 15.1. The zero-order chi connectivity index (χ0) is 15.1. The SMILES string of the molecule is CCOC(=O)C1C[C@@]2(CO)CC2N1C(=O)OC(C)(C)C. The molecule has 0 bridgehead atoms. The third-order valence-corrected chi connectivity index (χ3v) is 3.90. The van der Waals surface area contributed by atoms with Crippen molar-refractivity contribution in [2.45, 2.75) is 58.2 Å². The molecular formula is C14H23NO5. The molecule has 0 radical (unpaired) electrons. The van der Waals surface area contributed by atoms with E-state index in [0.717, 1.165) is 6.42 Å². The number of amides is 1. The molecule has 2 aliphatic rings. The van der Waals surface area contributed by atoms with Crippen molar-refractivity contribution in [3.63, 3.8) is 0 Å². The summed E-state index contributed by atoms with van der Waals surface area (Å²) in [4.78, 5) is 25.7. The summed E-state index contributed by atoms with van der Waals surface area (Å²) < 4.78 is 10.4. The second-order valence-corrected chi connectivity index (χ2v) is 6.60. The molecule has 1 heterocycles. The zero-order valence-corrected chi connectivity index (χ0v) is 12.5. The van der Waals surface area contributed by atoms with Crippen molar-refractivity contribution < 1.29 is 24.2 Å². The molecule has 1 amide bonds. The number of rotatable bonds is 3.